The number of aromatic amines is 1. The molecule has 116 valence electrons. The number of carbonyl (C=O) groups is 1. The summed E-state index contributed by atoms with van der Waals surface area (Å²) in [4.78, 5) is 14.4. The van der Waals surface area contributed by atoms with Crippen molar-refractivity contribution in [1.29, 1.82) is 0 Å². The highest BCUT2D eigenvalue weighted by atomic mass is 16.5. The molecule has 2 aliphatic rings. The average Bonchev–Trinajstić information content (AvgIpc) is 3.16. The van der Waals surface area contributed by atoms with Gasteiger partial charge in [0.25, 0.3) is 0 Å². The van der Waals surface area contributed by atoms with Crippen LogP contribution in [0.1, 0.15) is 44.4 Å². The molecular weight excluding hydrogens is 268 g/mol. The van der Waals surface area contributed by atoms with Gasteiger partial charge in [-0.15, -0.1) is 0 Å². The quantitative estimate of drug-likeness (QED) is 0.875. The molecule has 3 atom stereocenters. The van der Waals surface area contributed by atoms with Gasteiger partial charge in [0.2, 0.25) is 5.91 Å². The van der Waals surface area contributed by atoms with Crippen molar-refractivity contribution in [2.75, 3.05) is 19.7 Å². The molecule has 0 aromatic carbocycles. The van der Waals surface area contributed by atoms with Crippen LogP contribution in [0, 0.1) is 0 Å². The monoisotopic (exact) mass is 292 g/mol. The standard InChI is InChI=1S/C15H24N4O2/c1-11-4-2-3-8-19(11)14(20)10-16-12-6-9-21-15(12)13-5-7-17-18-13/h5,7,11-12,15-16H,2-4,6,8-10H2,1H3,(H,17,18)/t11?,12-,15-/m1/s1. The van der Waals surface area contributed by atoms with Crippen LogP contribution in [-0.4, -0.2) is 52.8 Å². The van der Waals surface area contributed by atoms with Gasteiger partial charge in [0, 0.05) is 31.4 Å². The largest absolute Gasteiger partial charge is 0.370 e. The molecule has 2 aliphatic heterocycles. The Hall–Kier alpha value is -1.40. The number of carbonyl (C=O) groups excluding carboxylic acids is 1. The molecule has 1 unspecified atom stereocenters. The van der Waals surface area contributed by atoms with Crippen molar-refractivity contribution in [3.8, 4) is 0 Å². The Bertz CT molecular complexity index is 462. The number of likely N-dealkylation sites (tertiary alicyclic amines) is 1. The van der Waals surface area contributed by atoms with E-state index in [9.17, 15) is 4.79 Å². The van der Waals surface area contributed by atoms with Crippen LogP contribution in [0.2, 0.25) is 0 Å². The summed E-state index contributed by atoms with van der Waals surface area (Å²) in [5.74, 6) is 0.206. The smallest absolute Gasteiger partial charge is 0.236 e. The summed E-state index contributed by atoms with van der Waals surface area (Å²) in [5.41, 5.74) is 0.976. The summed E-state index contributed by atoms with van der Waals surface area (Å²) < 4.78 is 5.75. The summed E-state index contributed by atoms with van der Waals surface area (Å²) in [6.07, 6.45) is 6.10. The Kier molecular flexibility index (Phi) is 4.55. The third-order valence-electron chi connectivity index (χ3n) is 4.56. The van der Waals surface area contributed by atoms with E-state index in [-0.39, 0.29) is 18.1 Å². The number of piperidine rings is 1. The van der Waals surface area contributed by atoms with Gasteiger partial charge < -0.3 is 15.0 Å². The number of hydrogen-bond acceptors (Lipinski definition) is 4. The lowest BCUT2D eigenvalue weighted by atomic mass is 10.0. The van der Waals surface area contributed by atoms with Crippen molar-refractivity contribution >= 4 is 5.91 Å². The van der Waals surface area contributed by atoms with Gasteiger partial charge in [0.15, 0.2) is 0 Å². The Morgan fingerprint density at radius 2 is 2.43 bits per heavy atom. The van der Waals surface area contributed by atoms with Gasteiger partial charge in [-0.2, -0.15) is 5.10 Å². The number of nitrogens with zero attached hydrogens (tertiary/aromatic N) is 2. The average molecular weight is 292 g/mol. The van der Waals surface area contributed by atoms with Crippen LogP contribution in [0.25, 0.3) is 0 Å². The van der Waals surface area contributed by atoms with Gasteiger partial charge in [-0.25, -0.2) is 0 Å². The van der Waals surface area contributed by atoms with E-state index in [1.54, 1.807) is 6.20 Å². The normalized spacial score (nSPS) is 29.8. The predicted molar refractivity (Wildman–Crippen MR) is 78.7 cm³/mol. The van der Waals surface area contributed by atoms with Gasteiger partial charge in [0.05, 0.1) is 12.2 Å². The van der Waals surface area contributed by atoms with E-state index < -0.39 is 0 Å². The van der Waals surface area contributed by atoms with Crippen LogP contribution in [0.4, 0.5) is 0 Å². The molecule has 0 aliphatic carbocycles. The maximum absolute atomic E-state index is 12.4. The second-order valence-electron chi connectivity index (χ2n) is 6.01. The zero-order valence-corrected chi connectivity index (χ0v) is 12.5. The van der Waals surface area contributed by atoms with E-state index in [1.165, 1.54) is 6.42 Å². The zero-order valence-electron chi connectivity index (χ0n) is 12.5. The van der Waals surface area contributed by atoms with E-state index in [0.717, 1.165) is 38.1 Å². The van der Waals surface area contributed by atoms with Crippen LogP contribution in [-0.2, 0) is 9.53 Å². The number of rotatable bonds is 4. The van der Waals surface area contributed by atoms with Gasteiger partial charge >= 0.3 is 0 Å². The van der Waals surface area contributed by atoms with Crippen molar-refractivity contribution in [1.82, 2.24) is 20.4 Å². The molecule has 2 N–H and O–H groups in total. The number of nitrogens with one attached hydrogen (secondary N) is 2. The molecule has 3 rings (SSSR count). The highest BCUT2D eigenvalue weighted by Crippen LogP contribution is 2.27. The van der Waals surface area contributed by atoms with Crippen LogP contribution in [0.15, 0.2) is 12.3 Å². The Balaban J connectivity index is 1.53. The molecule has 6 heteroatoms. The lowest BCUT2D eigenvalue weighted by molar-refractivity contribution is -0.133. The first kappa shape index (κ1) is 14.5. The molecule has 0 saturated carbocycles. The molecule has 0 spiro atoms. The molecule has 1 aromatic heterocycles. The molecule has 0 bridgehead atoms. The zero-order chi connectivity index (χ0) is 14.7. The van der Waals surface area contributed by atoms with Gasteiger partial charge in [-0.3, -0.25) is 9.89 Å². The minimum Gasteiger partial charge on any atom is -0.370 e. The maximum atomic E-state index is 12.4. The van der Waals surface area contributed by atoms with Crippen LogP contribution in [0.5, 0.6) is 0 Å². The minimum atomic E-state index is -0.0286. The third-order valence-corrected chi connectivity index (χ3v) is 4.56. The molecule has 3 heterocycles. The summed E-state index contributed by atoms with van der Waals surface area (Å²) in [6, 6.07) is 2.48. The van der Waals surface area contributed by atoms with Gasteiger partial charge in [-0.1, -0.05) is 0 Å². The van der Waals surface area contributed by atoms with E-state index in [1.807, 2.05) is 11.0 Å². The second-order valence-corrected chi connectivity index (χ2v) is 6.01. The third kappa shape index (κ3) is 3.27. The van der Waals surface area contributed by atoms with Crippen molar-refractivity contribution in [3.05, 3.63) is 18.0 Å². The summed E-state index contributed by atoms with van der Waals surface area (Å²) in [5, 5.41) is 10.3. The molecule has 1 aromatic rings. The fraction of sp³-hybridized carbons (Fsp3) is 0.733. The van der Waals surface area contributed by atoms with Crippen molar-refractivity contribution in [2.45, 2.75) is 50.8 Å². The number of H-pyrrole nitrogens is 1. The topological polar surface area (TPSA) is 70.2 Å². The molecule has 2 fully saturated rings. The van der Waals surface area contributed by atoms with E-state index in [2.05, 4.69) is 22.4 Å². The summed E-state index contributed by atoms with van der Waals surface area (Å²) >= 11 is 0. The van der Waals surface area contributed by atoms with E-state index in [4.69, 9.17) is 4.74 Å². The maximum Gasteiger partial charge on any atom is 0.236 e. The Morgan fingerprint density at radius 3 is 3.19 bits per heavy atom. The first-order valence-corrected chi connectivity index (χ1v) is 7.89. The predicted octanol–water partition coefficient (Wildman–Crippen LogP) is 1.23. The first-order valence-electron chi connectivity index (χ1n) is 7.89. The lowest BCUT2D eigenvalue weighted by Gasteiger charge is -2.34. The second kappa shape index (κ2) is 6.58. The molecule has 2 saturated heterocycles. The van der Waals surface area contributed by atoms with Crippen LogP contribution in [0.3, 0.4) is 0 Å². The highest BCUT2D eigenvalue weighted by molar-refractivity contribution is 5.78. The molecular formula is C15H24N4O2. The van der Waals surface area contributed by atoms with Crippen molar-refractivity contribution in [2.24, 2.45) is 0 Å². The molecule has 0 radical (unpaired) electrons. The van der Waals surface area contributed by atoms with E-state index in [0.29, 0.717) is 12.6 Å². The fourth-order valence-corrected chi connectivity index (χ4v) is 3.32. The summed E-state index contributed by atoms with van der Waals surface area (Å²) in [7, 11) is 0. The number of hydrogen-bond donors (Lipinski definition) is 2. The number of ether oxygens (including phenoxy) is 1. The molecule has 21 heavy (non-hydrogen) atoms. The Morgan fingerprint density at radius 1 is 1.52 bits per heavy atom. The Labute approximate surface area is 125 Å². The highest BCUT2D eigenvalue weighted by Gasteiger charge is 2.31. The fourth-order valence-electron chi connectivity index (χ4n) is 3.32. The summed E-state index contributed by atoms with van der Waals surface area (Å²) in [6.45, 7) is 4.15. The van der Waals surface area contributed by atoms with Crippen LogP contribution >= 0.6 is 0 Å². The molecule has 1 amide bonds. The first-order chi connectivity index (χ1) is 10.3. The van der Waals surface area contributed by atoms with Crippen molar-refractivity contribution in [3.63, 3.8) is 0 Å². The SMILES string of the molecule is CC1CCCCN1C(=O)CN[C@@H]1CCO[C@H]1c1ccn[nH]1. The van der Waals surface area contributed by atoms with Crippen molar-refractivity contribution < 1.29 is 9.53 Å². The minimum absolute atomic E-state index is 0.0286. The van der Waals surface area contributed by atoms with E-state index >= 15 is 0 Å². The van der Waals surface area contributed by atoms with Gasteiger partial charge in [-0.05, 0) is 38.7 Å². The van der Waals surface area contributed by atoms with Gasteiger partial charge in [0.1, 0.15) is 6.10 Å². The number of aromatic nitrogens is 2. The molecule has 6 nitrogen and oxygen atoms in total. The number of amides is 1. The van der Waals surface area contributed by atoms with Crippen LogP contribution < -0.4 is 5.32 Å². The lowest BCUT2D eigenvalue weighted by Crippen LogP contribution is -2.47.